The van der Waals surface area contributed by atoms with Crippen molar-refractivity contribution in [1.82, 2.24) is 41.9 Å². The number of aromatic amines is 2. The first-order valence-electron chi connectivity index (χ1n) is 40.5. The molecule has 0 atom stereocenters. The highest BCUT2D eigenvalue weighted by Crippen LogP contribution is 2.40. The van der Waals surface area contributed by atoms with Crippen LogP contribution >= 0.6 is 0 Å². The Morgan fingerprint density at radius 3 is 0.603 bits per heavy atom. The normalized spacial score (nSPS) is 12.4. The highest BCUT2D eigenvalue weighted by atomic mass is 28.4. The van der Waals surface area contributed by atoms with E-state index in [9.17, 15) is 19.2 Å². The molecule has 116 heavy (non-hydrogen) atoms. The van der Waals surface area contributed by atoms with E-state index in [0.717, 1.165) is 0 Å². The number of hydrogen-bond acceptors (Lipinski definition) is 26. The van der Waals surface area contributed by atoms with E-state index in [1.54, 1.807) is 48.5 Å². The Kier molecular flexibility index (Phi) is 36.8. The fourth-order valence-corrected chi connectivity index (χ4v) is 24.2. The van der Waals surface area contributed by atoms with Gasteiger partial charge >= 0.3 is 59.1 Å². The average Bonchev–Trinajstić information content (AvgIpc) is 1.61. The van der Waals surface area contributed by atoms with Crippen LogP contribution in [0.3, 0.4) is 0 Å². The van der Waals surface area contributed by atoms with E-state index in [0.29, 0.717) is 267 Å². The van der Waals surface area contributed by atoms with Gasteiger partial charge in [0.1, 0.15) is 0 Å². The van der Waals surface area contributed by atoms with Gasteiger partial charge in [0.25, 0.3) is 0 Å². The third kappa shape index (κ3) is 24.8. The molecular weight excluding hydrogens is 1550 g/mol. The first-order valence-corrected chi connectivity index (χ1v) is 48.2. The largest absolute Gasteiger partial charge is 0.500 e. The van der Waals surface area contributed by atoms with Gasteiger partial charge in [-0.3, -0.25) is 0 Å². The fraction of sp³-hybridized carbons (Fsp3) is 0.429. The van der Waals surface area contributed by atoms with Crippen molar-refractivity contribution in [1.29, 1.82) is 0 Å². The molecule has 28 nitrogen and oxygen atoms in total. The van der Waals surface area contributed by atoms with Crippen molar-refractivity contribution < 1.29 is 91.6 Å². The molecule has 9 rings (SSSR count). The van der Waals surface area contributed by atoms with Gasteiger partial charge < -0.3 is 82.4 Å². The van der Waals surface area contributed by atoms with Crippen molar-refractivity contribution in [3.63, 3.8) is 0 Å². The highest BCUT2D eigenvalue weighted by Gasteiger charge is 2.43. The van der Waals surface area contributed by atoms with Crippen LogP contribution in [0.25, 0.3) is 90.9 Å². The van der Waals surface area contributed by atoms with Gasteiger partial charge in [-0.1, -0.05) is 48.5 Å². The van der Waals surface area contributed by atoms with Crippen LogP contribution in [0.4, 0.5) is 0 Å². The van der Waals surface area contributed by atoms with E-state index in [4.69, 9.17) is 82.4 Å². The minimum Gasteiger partial charge on any atom is -0.374 e. The molecule has 8 bridgehead atoms. The SMILES string of the molecule is CCO[Si](CCCNOC(=O)c1ccc(-c2c3nc(c(-c4ccc(C(=O)ONCCC[Si](OCC)(OCC)OCC)cc4)c4ccc([nH]4)c(-c4ccc(C(=O)ONCCC[Si](OCC)(OCC)OCC)cc4)c4nc(c(-c5ccc(C(=O)ONCCC[Si](OCC)(OCC)OCC)cc5)c5ccc2[nH]5)C=C4)C=C3)cc1)(OCC)OCC. The minimum absolute atomic E-state index is 0.297. The number of nitrogens with one attached hydrogen (secondary N) is 6. The van der Waals surface area contributed by atoms with E-state index in [2.05, 4.69) is 31.9 Å². The second-order valence-electron chi connectivity index (χ2n) is 26.3. The van der Waals surface area contributed by atoms with Crippen LogP contribution in [0, 0.1) is 0 Å². The number of hydroxylamine groups is 4. The molecule has 0 unspecified atom stereocenters. The number of hydrogen-bond donors (Lipinski definition) is 6. The summed E-state index contributed by atoms with van der Waals surface area (Å²) in [5, 5.41) is 0. The molecule has 0 fully saturated rings. The summed E-state index contributed by atoms with van der Waals surface area (Å²) in [6.45, 7) is 29.7. The Bertz CT molecular complexity index is 3910. The quantitative estimate of drug-likeness (QED) is 0.00893. The van der Waals surface area contributed by atoms with Gasteiger partial charge in [0, 0.05) is 174 Å². The number of carbonyl (C=O) groups excluding carboxylic acids is 4. The topological polar surface area (TPSA) is 321 Å². The summed E-state index contributed by atoms with van der Waals surface area (Å²) in [5.74, 6) is -2.34. The molecule has 0 amide bonds. The Hall–Kier alpha value is -8.41. The maximum atomic E-state index is 13.8. The molecule has 626 valence electrons. The standard InChI is InChI=1S/C84H114N8O20Si4/c1-13-97-113(98-14-2,99-15-3)57-25-53-85-109-81(93)65-37-29-61(30-38-65)77-69-45-47-71(89-69)78(62-31-39-66(40-32-62)82(94)110-86-54-26-58-114(100-16-4,101-17-5)102-18-6)73-49-51-75(91-73)80(64-35-43-68(44-36-64)84(96)112-88-56-28-60-116(106-22-10,107-23-11)108-24-12)76-52-50-74(92-76)79(72-48-46-70(77)90-72)63-33-41-67(42-34-63)83(95)111-87-55-27-59-115(103-19-7,104-20-8)105-21-9/h29-52,85-89,92H,13-28,53-60H2,1-12H3. The van der Waals surface area contributed by atoms with Crippen LogP contribution in [0.5, 0.6) is 0 Å². The predicted octanol–water partition coefficient (Wildman–Crippen LogP) is 15.7. The van der Waals surface area contributed by atoms with E-state index in [-0.39, 0.29) is 0 Å². The molecular formula is C84H114N8O20Si4. The number of nitrogens with zero attached hydrogens (tertiary/aromatic N) is 2. The third-order valence-corrected chi connectivity index (χ3v) is 31.1. The zero-order valence-electron chi connectivity index (χ0n) is 68.9. The van der Waals surface area contributed by atoms with Crippen LogP contribution < -0.4 is 21.9 Å². The van der Waals surface area contributed by atoms with Gasteiger partial charge in [0.05, 0.1) is 45.0 Å². The molecule has 2 aliphatic rings. The molecule has 3 aromatic heterocycles. The van der Waals surface area contributed by atoms with Crippen LogP contribution in [0.1, 0.15) is 173 Å². The molecule has 32 heteroatoms. The third-order valence-electron chi connectivity index (χ3n) is 18.5. The van der Waals surface area contributed by atoms with Gasteiger partial charge in [-0.05, 0) is 228 Å². The van der Waals surface area contributed by atoms with Gasteiger partial charge in [-0.25, -0.2) is 29.1 Å². The fourth-order valence-electron chi connectivity index (χ4n) is 13.7. The van der Waals surface area contributed by atoms with Gasteiger partial charge in [0.2, 0.25) is 0 Å². The van der Waals surface area contributed by atoms with Crippen molar-refractivity contribution in [3.05, 3.63) is 166 Å². The van der Waals surface area contributed by atoms with Crippen molar-refractivity contribution in [2.75, 3.05) is 105 Å². The summed E-state index contributed by atoms with van der Waals surface area (Å²) < 4.78 is 72.4. The minimum atomic E-state index is -2.92. The average molecular weight is 1670 g/mol. The monoisotopic (exact) mass is 1670 g/mol. The van der Waals surface area contributed by atoms with Gasteiger partial charge in [-0.15, -0.1) is 0 Å². The van der Waals surface area contributed by atoms with Crippen LogP contribution in [0.2, 0.25) is 24.2 Å². The Balaban J connectivity index is 1.13. The number of aromatic nitrogens is 4. The second kappa shape index (κ2) is 46.7. The van der Waals surface area contributed by atoms with Crippen LogP contribution in [-0.4, -0.2) is 184 Å². The van der Waals surface area contributed by atoms with Crippen molar-refractivity contribution >= 4 is 105 Å². The molecule has 0 saturated carbocycles. The summed E-state index contributed by atoms with van der Waals surface area (Å²) in [7, 11) is -11.7. The smallest absolute Gasteiger partial charge is 0.374 e. The zero-order valence-corrected chi connectivity index (χ0v) is 72.9. The molecule has 4 aromatic carbocycles. The van der Waals surface area contributed by atoms with Crippen LogP contribution in [-0.2, 0) is 72.5 Å². The molecule has 0 saturated heterocycles. The van der Waals surface area contributed by atoms with E-state index >= 15 is 0 Å². The van der Waals surface area contributed by atoms with Gasteiger partial charge in [0.15, 0.2) is 0 Å². The molecule has 6 N–H and O–H groups in total. The molecule has 2 aliphatic heterocycles. The molecule has 0 spiro atoms. The van der Waals surface area contributed by atoms with E-state index in [1.165, 1.54) is 0 Å². The Labute approximate surface area is 684 Å². The lowest BCUT2D eigenvalue weighted by Gasteiger charge is -2.28. The molecule has 0 aliphatic carbocycles. The van der Waals surface area contributed by atoms with Crippen molar-refractivity contribution in [3.8, 4) is 44.5 Å². The maximum Gasteiger partial charge on any atom is 0.500 e. The first-order chi connectivity index (χ1) is 56.5. The summed E-state index contributed by atoms with van der Waals surface area (Å²) in [5.41, 5.74) is 23.0. The molecule has 5 heterocycles. The summed E-state index contributed by atoms with van der Waals surface area (Å²) >= 11 is 0. The predicted molar refractivity (Wildman–Crippen MR) is 454 cm³/mol. The Morgan fingerprint density at radius 2 is 0.440 bits per heavy atom. The molecule has 7 aromatic rings. The lowest BCUT2D eigenvalue weighted by Crippen LogP contribution is -2.46. The second-order valence-corrected chi connectivity index (χ2v) is 37.2. The Morgan fingerprint density at radius 1 is 0.267 bits per heavy atom. The van der Waals surface area contributed by atoms with E-state index in [1.807, 2.05) is 180 Å². The number of H-pyrrole nitrogens is 2. The first kappa shape index (κ1) is 91.5. The summed E-state index contributed by atoms with van der Waals surface area (Å²) in [6.07, 6.45) is 10.1. The lowest BCUT2D eigenvalue weighted by molar-refractivity contribution is 0.0239. The van der Waals surface area contributed by atoms with Crippen LogP contribution in [0.15, 0.2) is 121 Å². The highest BCUT2D eigenvalue weighted by molar-refractivity contribution is 6.62. The lowest BCUT2D eigenvalue weighted by atomic mass is 10.0. The van der Waals surface area contributed by atoms with Crippen molar-refractivity contribution in [2.45, 2.75) is 133 Å². The number of rotatable bonds is 52. The van der Waals surface area contributed by atoms with E-state index < -0.39 is 59.1 Å². The zero-order chi connectivity index (χ0) is 82.8. The summed E-state index contributed by atoms with van der Waals surface area (Å²) in [4.78, 5) is 96.2. The maximum absolute atomic E-state index is 13.8. The summed E-state index contributed by atoms with van der Waals surface area (Å²) in [6, 6.07) is 38.5. The number of fused-ring (bicyclic) bond motifs is 8. The van der Waals surface area contributed by atoms with Crippen molar-refractivity contribution in [2.24, 2.45) is 0 Å². The number of carbonyl (C=O) groups is 4. The number of benzene rings is 4. The van der Waals surface area contributed by atoms with Gasteiger partial charge in [-0.2, -0.15) is 21.9 Å². The molecule has 0 radical (unpaired) electrons.